The van der Waals surface area contributed by atoms with Crippen LogP contribution >= 0.6 is 0 Å². The number of amides is 1. The smallest absolute Gasteiger partial charge is 0.244 e. The van der Waals surface area contributed by atoms with Gasteiger partial charge in [-0.2, -0.15) is 5.10 Å². The molecule has 0 unspecified atom stereocenters. The van der Waals surface area contributed by atoms with Crippen LogP contribution in [0.1, 0.15) is 18.1 Å². The van der Waals surface area contributed by atoms with Gasteiger partial charge in [-0.15, -0.1) is 0 Å². The number of carbonyl (C=O) groups excluding carboxylic acids is 1. The number of hydrogen-bond acceptors (Lipinski definition) is 4. The number of nitrogens with one attached hydrogen (secondary N) is 1. The summed E-state index contributed by atoms with van der Waals surface area (Å²) in [5.41, 5.74) is 4.88. The molecule has 22 heavy (non-hydrogen) atoms. The summed E-state index contributed by atoms with van der Waals surface area (Å²) in [6, 6.07) is 14.0. The van der Waals surface area contributed by atoms with Crippen molar-refractivity contribution < 1.29 is 14.6 Å². The SMILES string of the molecule is COc1cccc(CC(=O)N/N=C(/C)c2ccc(O)cc2)c1. The zero-order valence-electron chi connectivity index (χ0n) is 12.5. The monoisotopic (exact) mass is 298 g/mol. The van der Waals surface area contributed by atoms with Gasteiger partial charge in [0.25, 0.3) is 0 Å². The second-order valence-electron chi connectivity index (χ2n) is 4.81. The van der Waals surface area contributed by atoms with E-state index < -0.39 is 0 Å². The standard InChI is InChI=1S/C17H18N2O3/c1-12(14-6-8-15(20)9-7-14)18-19-17(21)11-13-4-3-5-16(10-13)22-2/h3-10,20H,11H2,1-2H3,(H,19,21)/b18-12-. The van der Waals surface area contributed by atoms with Crippen LogP contribution < -0.4 is 10.2 Å². The minimum atomic E-state index is -0.202. The molecular weight excluding hydrogens is 280 g/mol. The maximum absolute atomic E-state index is 11.9. The highest BCUT2D eigenvalue weighted by molar-refractivity contribution is 5.99. The van der Waals surface area contributed by atoms with Gasteiger partial charge in [-0.1, -0.05) is 12.1 Å². The number of hydrogen-bond donors (Lipinski definition) is 2. The number of benzene rings is 2. The molecule has 0 aliphatic carbocycles. The average molecular weight is 298 g/mol. The highest BCUT2D eigenvalue weighted by atomic mass is 16.5. The minimum absolute atomic E-state index is 0.193. The van der Waals surface area contributed by atoms with Crippen LogP contribution in [0.3, 0.4) is 0 Å². The lowest BCUT2D eigenvalue weighted by atomic mass is 10.1. The topological polar surface area (TPSA) is 70.9 Å². The number of aromatic hydroxyl groups is 1. The summed E-state index contributed by atoms with van der Waals surface area (Å²) in [5.74, 6) is 0.707. The predicted molar refractivity (Wildman–Crippen MR) is 85.2 cm³/mol. The molecule has 0 fully saturated rings. The normalized spacial score (nSPS) is 11.1. The molecule has 0 bridgehead atoms. The summed E-state index contributed by atoms with van der Waals surface area (Å²) in [6.45, 7) is 1.79. The van der Waals surface area contributed by atoms with E-state index in [0.717, 1.165) is 11.1 Å². The lowest BCUT2D eigenvalue weighted by Gasteiger charge is -2.05. The van der Waals surface area contributed by atoms with Crippen molar-refractivity contribution >= 4 is 11.6 Å². The molecular formula is C17H18N2O3. The van der Waals surface area contributed by atoms with Crippen LogP contribution in [0.2, 0.25) is 0 Å². The van der Waals surface area contributed by atoms with E-state index in [1.807, 2.05) is 24.3 Å². The Balaban J connectivity index is 1.96. The van der Waals surface area contributed by atoms with Crippen molar-refractivity contribution in [2.24, 2.45) is 5.10 Å². The van der Waals surface area contributed by atoms with Crippen molar-refractivity contribution in [2.75, 3.05) is 7.11 Å². The number of rotatable bonds is 5. The number of hydrazone groups is 1. The summed E-state index contributed by atoms with van der Waals surface area (Å²) in [5, 5.41) is 13.3. The van der Waals surface area contributed by atoms with E-state index in [4.69, 9.17) is 4.74 Å². The van der Waals surface area contributed by atoms with Crippen molar-refractivity contribution in [3.05, 3.63) is 59.7 Å². The van der Waals surface area contributed by atoms with E-state index in [9.17, 15) is 9.90 Å². The zero-order chi connectivity index (χ0) is 15.9. The molecule has 0 saturated carbocycles. The van der Waals surface area contributed by atoms with Crippen molar-refractivity contribution in [3.63, 3.8) is 0 Å². The van der Waals surface area contributed by atoms with Crippen molar-refractivity contribution in [1.29, 1.82) is 0 Å². The maximum Gasteiger partial charge on any atom is 0.244 e. The van der Waals surface area contributed by atoms with Gasteiger partial charge in [0.1, 0.15) is 11.5 Å². The van der Waals surface area contributed by atoms with Crippen LogP contribution in [0.25, 0.3) is 0 Å². The zero-order valence-corrected chi connectivity index (χ0v) is 12.5. The highest BCUT2D eigenvalue weighted by Crippen LogP contribution is 2.13. The van der Waals surface area contributed by atoms with Crippen molar-refractivity contribution in [3.8, 4) is 11.5 Å². The number of carbonyl (C=O) groups is 1. The lowest BCUT2D eigenvalue weighted by molar-refractivity contribution is -0.120. The fourth-order valence-corrected chi connectivity index (χ4v) is 1.92. The molecule has 2 aromatic carbocycles. The molecule has 0 aliphatic heterocycles. The van der Waals surface area contributed by atoms with Crippen molar-refractivity contribution in [1.82, 2.24) is 5.43 Å². The first-order valence-electron chi connectivity index (χ1n) is 6.84. The third-order valence-electron chi connectivity index (χ3n) is 3.13. The number of nitrogens with zero attached hydrogens (tertiary/aromatic N) is 1. The van der Waals surface area contributed by atoms with Crippen molar-refractivity contribution in [2.45, 2.75) is 13.3 Å². The number of ether oxygens (including phenoxy) is 1. The summed E-state index contributed by atoms with van der Waals surface area (Å²) >= 11 is 0. The molecule has 5 heteroatoms. The number of phenols is 1. The molecule has 0 aromatic heterocycles. The second-order valence-corrected chi connectivity index (χ2v) is 4.81. The van der Waals surface area contributed by atoms with Gasteiger partial charge < -0.3 is 9.84 Å². The predicted octanol–water partition coefficient (Wildman–Crippen LogP) is 2.48. The minimum Gasteiger partial charge on any atom is -0.508 e. The van der Waals surface area contributed by atoms with Crippen LogP contribution in [-0.4, -0.2) is 23.8 Å². The van der Waals surface area contributed by atoms with Gasteiger partial charge in [0.2, 0.25) is 5.91 Å². The summed E-state index contributed by atoms with van der Waals surface area (Å²) in [7, 11) is 1.59. The van der Waals surface area contributed by atoms with Crippen LogP contribution in [0, 0.1) is 0 Å². The van der Waals surface area contributed by atoms with Crippen LogP contribution in [0.15, 0.2) is 53.6 Å². The number of methoxy groups -OCH3 is 1. The van der Waals surface area contributed by atoms with E-state index in [1.165, 1.54) is 0 Å². The van der Waals surface area contributed by atoms with Crippen LogP contribution in [0.5, 0.6) is 11.5 Å². The lowest BCUT2D eigenvalue weighted by Crippen LogP contribution is -2.21. The first-order chi connectivity index (χ1) is 10.6. The average Bonchev–Trinajstić information content (AvgIpc) is 2.53. The Bertz CT molecular complexity index is 679. The van der Waals surface area contributed by atoms with E-state index in [0.29, 0.717) is 11.5 Å². The van der Waals surface area contributed by atoms with Gasteiger partial charge in [-0.05, 0) is 54.4 Å². The third kappa shape index (κ3) is 4.34. The van der Waals surface area contributed by atoms with Crippen LogP contribution in [-0.2, 0) is 11.2 Å². The Labute approximate surface area is 129 Å². The van der Waals surface area contributed by atoms with E-state index in [1.54, 1.807) is 38.3 Å². The molecule has 0 heterocycles. The first kappa shape index (κ1) is 15.6. The molecule has 5 nitrogen and oxygen atoms in total. The molecule has 2 aromatic rings. The third-order valence-corrected chi connectivity index (χ3v) is 3.13. The molecule has 2 N–H and O–H groups in total. The molecule has 0 radical (unpaired) electrons. The molecule has 1 amide bonds. The molecule has 0 saturated heterocycles. The second kappa shape index (κ2) is 7.26. The van der Waals surface area contributed by atoms with E-state index in [2.05, 4.69) is 10.5 Å². The van der Waals surface area contributed by atoms with Gasteiger partial charge in [0, 0.05) is 0 Å². The Morgan fingerprint density at radius 2 is 1.95 bits per heavy atom. The van der Waals surface area contributed by atoms with Crippen LogP contribution in [0.4, 0.5) is 0 Å². The first-order valence-corrected chi connectivity index (χ1v) is 6.84. The van der Waals surface area contributed by atoms with Gasteiger partial charge in [0.15, 0.2) is 0 Å². The van der Waals surface area contributed by atoms with E-state index in [-0.39, 0.29) is 18.1 Å². The maximum atomic E-state index is 11.9. The Morgan fingerprint density at radius 1 is 1.23 bits per heavy atom. The largest absolute Gasteiger partial charge is 0.508 e. The Kier molecular flexibility index (Phi) is 5.14. The fraction of sp³-hybridized carbons (Fsp3) is 0.176. The van der Waals surface area contributed by atoms with Gasteiger partial charge >= 0.3 is 0 Å². The summed E-state index contributed by atoms with van der Waals surface area (Å²) in [6.07, 6.45) is 0.226. The molecule has 114 valence electrons. The summed E-state index contributed by atoms with van der Waals surface area (Å²) in [4.78, 5) is 11.9. The Morgan fingerprint density at radius 3 is 2.64 bits per heavy atom. The van der Waals surface area contributed by atoms with Gasteiger partial charge in [-0.25, -0.2) is 5.43 Å². The molecule has 2 rings (SSSR count). The number of phenolic OH excluding ortho intramolecular Hbond substituents is 1. The molecule has 0 atom stereocenters. The van der Waals surface area contributed by atoms with Gasteiger partial charge in [0.05, 0.1) is 19.2 Å². The fourth-order valence-electron chi connectivity index (χ4n) is 1.92. The van der Waals surface area contributed by atoms with Gasteiger partial charge in [-0.3, -0.25) is 4.79 Å². The molecule has 0 aliphatic rings. The summed E-state index contributed by atoms with van der Waals surface area (Å²) < 4.78 is 5.12. The highest BCUT2D eigenvalue weighted by Gasteiger charge is 2.04. The molecule has 0 spiro atoms. The quantitative estimate of drug-likeness (QED) is 0.658. The van der Waals surface area contributed by atoms with E-state index >= 15 is 0 Å². The Hall–Kier alpha value is -2.82.